The van der Waals surface area contributed by atoms with Crippen LogP contribution >= 0.6 is 0 Å². The summed E-state index contributed by atoms with van der Waals surface area (Å²) in [6.45, 7) is 0. The topological polar surface area (TPSA) is 225 Å². The molecule has 0 saturated carbocycles. The maximum atomic E-state index is 12.9. The third kappa shape index (κ3) is 4.35. The molecule has 0 spiro atoms. The first-order valence-corrected chi connectivity index (χ1v) is 11.7. The second kappa shape index (κ2) is 8.12. The molecule has 1 atom stereocenters. The Morgan fingerprint density at radius 2 is 1.34 bits per heavy atom. The van der Waals surface area contributed by atoms with Crippen LogP contribution in [0.2, 0.25) is 0 Å². The van der Waals surface area contributed by atoms with Gasteiger partial charge in [-0.2, -0.15) is 5.10 Å². The van der Waals surface area contributed by atoms with E-state index < -0.39 is 49.4 Å². The molecule has 168 valence electrons. The first-order valence-electron chi connectivity index (χ1n) is 8.57. The summed E-state index contributed by atoms with van der Waals surface area (Å²) in [6, 6.07) is 9.26. The molecule has 0 radical (unpaired) electrons. The van der Waals surface area contributed by atoms with Crippen molar-refractivity contribution in [1.29, 1.82) is 0 Å². The largest absolute Gasteiger partial charge is 0.325 e. The summed E-state index contributed by atoms with van der Waals surface area (Å²) in [7, 11) is -7.94. The number of amides is 3. The highest BCUT2D eigenvalue weighted by Gasteiger charge is 2.49. The van der Waals surface area contributed by atoms with E-state index in [0.29, 0.717) is 4.90 Å². The van der Waals surface area contributed by atoms with Crippen molar-refractivity contribution >= 4 is 54.9 Å². The van der Waals surface area contributed by atoms with Gasteiger partial charge in [-0.1, -0.05) is 0 Å². The van der Waals surface area contributed by atoms with Gasteiger partial charge in [-0.3, -0.25) is 14.4 Å². The van der Waals surface area contributed by atoms with E-state index in [-0.39, 0.29) is 21.2 Å². The fraction of sp³-hybridized carbons (Fsp3) is 0.0588. The van der Waals surface area contributed by atoms with Gasteiger partial charge in [0.15, 0.2) is 5.92 Å². The lowest BCUT2D eigenvalue weighted by atomic mass is 10.1. The van der Waals surface area contributed by atoms with E-state index >= 15 is 0 Å². The predicted molar refractivity (Wildman–Crippen MR) is 112 cm³/mol. The molecule has 1 aliphatic rings. The number of anilines is 2. The number of nitrogens with zero attached hydrogens (tertiary/aromatic N) is 2. The van der Waals surface area contributed by atoms with Gasteiger partial charge in [0.2, 0.25) is 26.0 Å². The summed E-state index contributed by atoms with van der Waals surface area (Å²) in [5, 5.41) is 15.7. The van der Waals surface area contributed by atoms with Gasteiger partial charge in [0.25, 0.3) is 11.8 Å². The Morgan fingerprint density at radius 1 is 0.875 bits per heavy atom. The van der Waals surface area contributed by atoms with E-state index in [2.05, 4.69) is 10.4 Å². The molecule has 1 heterocycles. The number of hydrogen-bond acceptors (Lipinski definition) is 9. The van der Waals surface area contributed by atoms with Crippen molar-refractivity contribution in [2.24, 2.45) is 27.1 Å². The quantitative estimate of drug-likeness (QED) is 0.169. The number of sulfonamides is 2. The third-order valence-electron chi connectivity index (χ3n) is 4.44. The van der Waals surface area contributed by atoms with Gasteiger partial charge in [0, 0.05) is 5.69 Å². The average Bonchev–Trinajstić information content (AvgIpc) is 2.96. The standard InChI is InChI=1S/C17H16N6O7S2/c18-22-14-13(15(24)21-9-1-5-11(6-2-9)31(19,27)28)16(25)23(17(14)26)10-3-7-12(8-4-10)32(20,29)30/h1-8,13H,18H2,(H,21,24)(H2,19,27,28)(H2,20,29,30)/b22-14+/t13-/m1/s1. The zero-order chi connectivity index (χ0) is 23.8. The first-order chi connectivity index (χ1) is 14.8. The Kier molecular flexibility index (Phi) is 5.84. The molecule has 0 bridgehead atoms. The van der Waals surface area contributed by atoms with Crippen LogP contribution in [0.15, 0.2) is 63.4 Å². The van der Waals surface area contributed by atoms with Crippen LogP contribution in [0.25, 0.3) is 0 Å². The SMILES string of the molecule is N/N=C1/C(=O)N(c2ccc(S(N)(=O)=O)cc2)C(=O)[C@H]1C(=O)Nc1ccc(S(N)(=O)=O)cc1. The summed E-state index contributed by atoms with van der Waals surface area (Å²) in [5.74, 6) is 0.655. The zero-order valence-electron chi connectivity index (χ0n) is 16.0. The first kappa shape index (κ1) is 23.0. The summed E-state index contributed by atoms with van der Waals surface area (Å²) < 4.78 is 45.4. The highest BCUT2D eigenvalue weighted by molar-refractivity contribution is 7.89. The normalized spacial score (nSPS) is 18.2. The molecule has 3 rings (SSSR count). The van der Waals surface area contributed by atoms with Crippen LogP contribution in [-0.4, -0.2) is 40.3 Å². The second-order valence-corrected chi connectivity index (χ2v) is 9.65. The fourth-order valence-electron chi connectivity index (χ4n) is 2.92. The number of nitrogens with two attached hydrogens (primary N) is 3. The van der Waals surface area contributed by atoms with E-state index in [1.165, 1.54) is 12.1 Å². The number of hydrazone groups is 1. The van der Waals surface area contributed by atoms with E-state index in [1.54, 1.807) is 0 Å². The molecule has 0 unspecified atom stereocenters. The highest BCUT2D eigenvalue weighted by Crippen LogP contribution is 2.27. The monoisotopic (exact) mass is 480 g/mol. The van der Waals surface area contributed by atoms with E-state index in [0.717, 1.165) is 36.4 Å². The molecule has 2 aromatic carbocycles. The summed E-state index contributed by atoms with van der Waals surface area (Å²) in [5.41, 5.74) is -0.444. The van der Waals surface area contributed by atoms with Crippen molar-refractivity contribution in [3.05, 3.63) is 48.5 Å². The average molecular weight is 480 g/mol. The van der Waals surface area contributed by atoms with Crippen LogP contribution in [0.4, 0.5) is 11.4 Å². The minimum atomic E-state index is -4.00. The Morgan fingerprint density at radius 3 is 1.78 bits per heavy atom. The molecule has 1 fully saturated rings. The number of hydrogen-bond donors (Lipinski definition) is 4. The minimum Gasteiger partial charge on any atom is -0.325 e. The molecule has 0 aliphatic carbocycles. The molecule has 1 aliphatic heterocycles. The van der Waals surface area contributed by atoms with Gasteiger partial charge in [-0.05, 0) is 48.5 Å². The van der Waals surface area contributed by atoms with Crippen LogP contribution in [0, 0.1) is 5.92 Å². The van der Waals surface area contributed by atoms with Gasteiger partial charge in [0.05, 0.1) is 15.5 Å². The van der Waals surface area contributed by atoms with Crippen molar-refractivity contribution in [2.45, 2.75) is 9.79 Å². The minimum absolute atomic E-state index is 0.0265. The van der Waals surface area contributed by atoms with Crippen LogP contribution in [0.1, 0.15) is 0 Å². The number of carbonyl (C=O) groups excluding carboxylic acids is 3. The van der Waals surface area contributed by atoms with Gasteiger partial charge in [-0.15, -0.1) is 0 Å². The van der Waals surface area contributed by atoms with Gasteiger partial charge < -0.3 is 11.2 Å². The predicted octanol–water partition coefficient (Wildman–Crippen LogP) is -1.58. The van der Waals surface area contributed by atoms with Crippen LogP contribution in [0.3, 0.4) is 0 Å². The molecule has 2 aromatic rings. The van der Waals surface area contributed by atoms with Crippen LogP contribution in [0.5, 0.6) is 0 Å². The van der Waals surface area contributed by atoms with Gasteiger partial charge >= 0.3 is 0 Å². The highest BCUT2D eigenvalue weighted by atomic mass is 32.2. The summed E-state index contributed by atoms with van der Waals surface area (Å²) in [4.78, 5) is 38.4. The maximum absolute atomic E-state index is 12.9. The lowest BCUT2D eigenvalue weighted by Crippen LogP contribution is -2.35. The fourth-order valence-corrected chi connectivity index (χ4v) is 3.95. The van der Waals surface area contributed by atoms with Crippen molar-refractivity contribution in [3.63, 3.8) is 0 Å². The van der Waals surface area contributed by atoms with Gasteiger partial charge in [0.1, 0.15) is 5.71 Å². The second-order valence-electron chi connectivity index (χ2n) is 6.52. The lowest BCUT2D eigenvalue weighted by Gasteiger charge is -2.14. The Hall–Kier alpha value is -3.66. The molecule has 32 heavy (non-hydrogen) atoms. The van der Waals surface area contributed by atoms with E-state index in [9.17, 15) is 31.2 Å². The van der Waals surface area contributed by atoms with E-state index in [1.807, 2.05) is 0 Å². The summed E-state index contributed by atoms with van der Waals surface area (Å²) >= 11 is 0. The van der Waals surface area contributed by atoms with Crippen LogP contribution in [-0.2, 0) is 34.4 Å². The molecule has 0 aromatic heterocycles. The number of imide groups is 1. The van der Waals surface area contributed by atoms with E-state index in [4.69, 9.17) is 16.1 Å². The number of carbonyl (C=O) groups is 3. The molecule has 15 heteroatoms. The number of primary sulfonamides is 2. The number of benzene rings is 2. The Bertz CT molecular complexity index is 1350. The molecule has 13 nitrogen and oxygen atoms in total. The zero-order valence-corrected chi connectivity index (χ0v) is 17.6. The third-order valence-corrected chi connectivity index (χ3v) is 6.30. The number of nitrogens with one attached hydrogen (secondary N) is 1. The smallest absolute Gasteiger partial charge is 0.282 e. The van der Waals surface area contributed by atoms with Crippen molar-refractivity contribution in [1.82, 2.24) is 0 Å². The van der Waals surface area contributed by atoms with Crippen molar-refractivity contribution < 1.29 is 31.2 Å². The van der Waals surface area contributed by atoms with Crippen molar-refractivity contribution in [2.75, 3.05) is 10.2 Å². The molecule has 1 saturated heterocycles. The molecular formula is C17H16N6O7S2. The Balaban J connectivity index is 1.88. The van der Waals surface area contributed by atoms with Gasteiger partial charge in [-0.25, -0.2) is 32.0 Å². The number of rotatable bonds is 5. The maximum Gasteiger partial charge on any atom is 0.282 e. The van der Waals surface area contributed by atoms with Crippen molar-refractivity contribution in [3.8, 4) is 0 Å². The Labute approximate surface area is 182 Å². The summed E-state index contributed by atoms with van der Waals surface area (Å²) in [6.07, 6.45) is 0. The molecular weight excluding hydrogens is 464 g/mol. The molecule has 3 amide bonds. The lowest BCUT2D eigenvalue weighted by molar-refractivity contribution is -0.127. The van der Waals surface area contributed by atoms with Crippen LogP contribution < -0.4 is 26.3 Å². The molecule has 7 N–H and O–H groups in total.